The molecule has 1 aliphatic heterocycles. The van der Waals surface area contributed by atoms with Crippen LogP contribution in [0.3, 0.4) is 0 Å². The molecule has 0 amide bonds. The second-order valence-corrected chi connectivity index (χ2v) is 9.73. The molecule has 200 valence electrons. The Balaban J connectivity index is 0.000000308. The Morgan fingerprint density at radius 2 is 1.78 bits per heavy atom. The molecule has 1 saturated carbocycles. The molecule has 5 N–H and O–H groups in total. The van der Waals surface area contributed by atoms with Gasteiger partial charge in [-0.05, 0) is 75.3 Å². The van der Waals surface area contributed by atoms with E-state index in [0.717, 1.165) is 24.6 Å². The zero-order valence-electron chi connectivity index (χ0n) is 20.5. The molecule has 0 aromatic heterocycles. The maximum Gasteiger partial charge on any atom is 0.511 e. The minimum absolute atomic E-state index is 0.120. The predicted octanol–water partition coefficient (Wildman–Crippen LogP) is 1.81. The summed E-state index contributed by atoms with van der Waals surface area (Å²) < 4.78 is 15.6. The Kier molecular flexibility index (Phi) is 9.15. The number of benzene rings is 1. The molecule has 0 unspecified atom stereocenters. The van der Waals surface area contributed by atoms with Crippen LogP contribution in [0.5, 0.6) is 5.75 Å². The lowest BCUT2D eigenvalue weighted by Gasteiger charge is -2.56. The zero-order chi connectivity index (χ0) is 26.5. The third kappa shape index (κ3) is 6.26. The number of nitrogens with one attached hydrogen (secondary N) is 1. The molecule has 0 radical (unpaired) electrons. The number of aliphatic hydroxyl groups excluding tert-OH is 2. The van der Waals surface area contributed by atoms with E-state index in [1.165, 1.54) is 43.2 Å². The number of piperidine rings is 1. The number of carboxylic acid groups (broad SMARTS) is 2. The average Bonchev–Trinajstić information content (AvgIpc) is 2.83. The van der Waals surface area contributed by atoms with Crippen LogP contribution in [0.25, 0.3) is 0 Å². The van der Waals surface area contributed by atoms with Gasteiger partial charge in [0.05, 0.1) is 6.10 Å². The minimum Gasteiger partial charge on any atom is -0.479 e. The average molecular weight is 510 g/mol. The van der Waals surface area contributed by atoms with E-state index >= 15 is 0 Å². The van der Waals surface area contributed by atoms with Crippen molar-refractivity contribution in [3.8, 4) is 5.75 Å². The fraction of sp³-hybridized carbons (Fsp3) is 0.640. The van der Waals surface area contributed by atoms with E-state index in [1.807, 2.05) is 6.07 Å². The number of fused-ring (bicyclic) bond motifs is 1. The van der Waals surface area contributed by atoms with Crippen molar-refractivity contribution in [3.63, 3.8) is 0 Å². The standard InChI is InChI=1S/C21H29NO4.C4H6O6/c1-14(2)26-20(23)25-13-24-16-7-6-15-11-19-17-5-3-4-8-21(17,9-10-22-19)18(15)12-16;5-1(3(7)8)2(6)4(9)10/h6-7,12,14,17,19,22H,3-5,8-11,13H2,1-2H3;1-2,5-6H,(H,7,8)(H,9,10)/t17-,19-,21+;1-,2-/m11/s1. The Bertz CT molecular complexity index is 929. The zero-order valence-corrected chi connectivity index (χ0v) is 20.5. The Labute approximate surface area is 209 Å². The van der Waals surface area contributed by atoms with E-state index in [-0.39, 0.29) is 12.9 Å². The van der Waals surface area contributed by atoms with Gasteiger partial charge in [-0.2, -0.15) is 0 Å². The second kappa shape index (κ2) is 11.9. The van der Waals surface area contributed by atoms with Crippen molar-refractivity contribution < 1.29 is 49.0 Å². The molecule has 0 spiro atoms. The molecule has 11 heteroatoms. The summed E-state index contributed by atoms with van der Waals surface area (Å²) in [5.74, 6) is -2.02. The van der Waals surface area contributed by atoms with Crippen molar-refractivity contribution in [2.45, 2.75) is 82.1 Å². The van der Waals surface area contributed by atoms with Crippen molar-refractivity contribution >= 4 is 18.1 Å². The SMILES string of the molecule is CC(C)OC(=O)OCOc1ccc2c(c1)[C@]13CCCC[C@@H]1[C@@H](C2)NCC3.O=C(O)[C@H](O)[C@@H](O)C(=O)O. The maximum absolute atomic E-state index is 11.5. The second-order valence-electron chi connectivity index (χ2n) is 9.73. The first-order valence-electron chi connectivity index (χ1n) is 12.2. The summed E-state index contributed by atoms with van der Waals surface area (Å²) >= 11 is 0. The highest BCUT2D eigenvalue weighted by Gasteiger charge is 2.51. The molecule has 2 bridgehead atoms. The largest absolute Gasteiger partial charge is 0.511 e. The topological polar surface area (TPSA) is 172 Å². The molecule has 5 atom stereocenters. The molecular weight excluding hydrogens is 474 g/mol. The van der Waals surface area contributed by atoms with Crippen molar-refractivity contribution in [2.24, 2.45) is 5.92 Å². The monoisotopic (exact) mass is 509 g/mol. The smallest absolute Gasteiger partial charge is 0.479 e. The molecule has 4 rings (SSSR count). The van der Waals surface area contributed by atoms with Gasteiger partial charge in [-0.15, -0.1) is 0 Å². The van der Waals surface area contributed by atoms with Crippen LogP contribution in [0.15, 0.2) is 18.2 Å². The summed E-state index contributed by atoms with van der Waals surface area (Å²) in [5.41, 5.74) is 3.23. The molecule has 1 aromatic carbocycles. The molecule has 1 heterocycles. The van der Waals surface area contributed by atoms with Crippen LogP contribution >= 0.6 is 0 Å². The summed E-state index contributed by atoms with van der Waals surface area (Å²) in [6.45, 7) is 4.57. The van der Waals surface area contributed by atoms with E-state index in [0.29, 0.717) is 11.5 Å². The first kappa shape index (κ1) is 27.7. The summed E-state index contributed by atoms with van der Waals surface area (Å²) in [5, 5.41) is 36.3. The van der Waals surface area contributed by atoms with Crippen LogP contribution in [0, 0.1) is 5.92 Å². The van der Waals surface area contributed by atoms with Crippen molar-refractivity contribution in [1.82, 2.24) is 5.32 Å². The normalized spacial score (nSPS) is 25.7. The van der Waals surface area contributed by atoms with Gasteiger partial charge in [0.1, 0.15) is 5.75 Å². The van der Waals surface area contributed by atoms with E-state index in [2.05, 4.69) is 17.4 Å². The summed E-state index contributed by atoms with van der Waals surface area (Å²) in [4.78, 5) is 31.0. The van der Waals surface area contributed by atoms with Crippen molar-refractivity contribution in [1.29, 1.82) is 0 Å². The summed E-state index contributed by atoms with van der Waals surface area (Å²) in [6, 6.07) is 7.01. The molecule has 2 fully saturated rings. The van der Waals surface area contributed by atoms with Gasteiger partial charge in [-0.3, -0.25) is 0 Å². The van der Waals surface area contributed by atoms with Crippen LogP contribution in [-0.2, 0) is 30.9 Å². The Hall–Kier alpha value is -2.89. The van der Waals surface area contributed by atoms with Crippen LogP contribution in [0.1, 0.15) is 57.1 Å². The molecule has 1 saturated heterocycles. The number of carbonyl (C=O) groups excluding carboxylic acids is 1. The van der Waals surface area contributed by atoms with Gasteiger partial charge in [0.25, 0.3) is 0 Å². The number of carboxylic acids is 2. The number of aliphatic carboxylic acids is 2. The highest BCUT2D eigenvalue weighted by molar-refractivity contribution is 5.83. The third-order valence-electron chi connectivity index (χ3n) is 7.16. The first-order valence-corrected chi connectivity index (χ1v) is 12.2. The molecule has 2 aliphatic carbocycles. The Morgan fingerprint density at radius 3 is 2.42 bits per heavy atom. The number of hydrogen-bond donors (Lipinski definition) is 5. The van der Waals surface area contributed by atoms with Gasteiger partial charge in [-0.25, -0.2) is 14.4 Å². The molecule has 3 aliphatic rings. The first-order chi connectivity index (χ1) is 17.0. The van der Waals surface area contributed by atoms with Gasteiger partial charge in [0.2, 0.25) is 6.79 Å². The summed E-state index contributed by atoms with van der Waals surface area (Å²) in [7, 11) is 0. The maximum atomic E-state index is 11.5. The number of carbonyl (C=O) groups is 3. The lowest BCUT2D eigenvalue weighted by molar-refractivity contribution is -0.165. The van der Waals surface area contributed by atoms with E-state index in [1.54, 1.807) is 13.8 Å². The highest BCUT2D eigenvalue weighted by Crippen LogP contribution is 2.54. The van der Waals surface area contributed by atoms with Crippen molar-refractivity contribution in [3.05, 3.63) is 29.3 Å². The number of rotatable bonds is 7. The van der Waals surface area contributed by atoms with Gasteiger partial charge >= 0.3 is 18.1 Å². The van der Waals surface area contributed by atoms with E-state index in [4.69, 9.17) is 34.6 Å². The van der Waals surface area contributed by atoms with Gasteiger partial charge in [0, 0.05) is 11.5 Å². The number of aliphatic hydroxyl groups is 2. The number of hydrogen-bond acceptors (Lipinski definition) is 9. The van der Waals surface area contributed by atoms with Gasteiger partial charge in [0.15, 0.2) is 12.2 Å². The van der Waals surface area contributed by atoms with Crippen LogP contribution < -0.4 is 10.1 Å². The van der Waals surface area contributed by atoms with Gasteiger partial charge < -0.3 is 40.0 Å². The molecule has 11 nitrogen and oxygen atoms in total. The van der Waals surface area contributed by atoms with Crippen LogP contribution in [0.4, 0.5) is 4.79 Å². The Morgan fingerprint density at radius 1 is 1.08 bits per heavy atom. The predicted molar refractivity (Wildman–Crippen MR) is 126 cm³/mol. The fourth-order valence-corrected chi connectivity index (χ4v) is 5.64. The quantitative estimate of drug-likeness (QED) is 0.268. The lowest BCUT2D eigenvalue weighted by Crippen LogP contribution is -2.59. The van der Waals surface area contributed by atoms with Crippen molar-refractivity contribution in [2.75, 3.05) is 13.3 Å². The highest BCUT2D eigenvalue weighted by atomic mass is 16.8. The fourth-order valence-electron chi connectivity index (χ4n) is 5.64. The minimum atomic E-state index is -2.27. The van der Waals surface area contributed by atoms with E-state index in [9.17, 15) is 14.4 Å². The third-order valence-corrected chi connectivity index (χ3v) is 7.16. The lowest BCUT2D eigenvalue weighted by atomic mass is 9.53. The van der Waals surface area contributed by atoms with Crippen LogP contribution in [-0.4, -0.2) is 76.2 Å². The number of ether oxygens (including phenoxy) is 3. The van der Waals surface area contributed by atoms with Gasteiger partial charge in [-0.1, -0.05) is 18.9 Å². The molecule has 36 heavy (non-hydrogen) atoms. The van der Waals surface area contributed by atoms with Crippen LogP contribution in [0.2, 0.25) is 0 Å². The molecule has 1 aromatic rings. The summed E-state index contributed by atoms with van der Waals surface area (Å²) in [6.07, 6.45) is 2.18. The van der Waals surface area contributed by atoms with E-state index < -0.39 is 30.3 Å². The molecular formula is C25H35NO10.